The summed E-state index contributed by atoms with van der Waals surface area (Å²) < 4.78 is 0. The zero-order chi connectivity index (χ0) is 19.2. The van der Waals surface area contributed by atoms with Crippen LogP contribution in [0.25, 0.3) is 0 Å². The number of hydrogen-bond acceptors (Lipinski definition) is 2. The zero-order valence-corrected chi connectivity index (χ0v) is 16.1. The van der Waals surface area contributed by atoms with Gasteiger partial charge in [-0.1, -0.05) is 72.8 Å². The largest absolute Gasteiger partial charge is 0.380 e. The number of benzene rings is 3. The van der Waals surface area contributed by atoms with Crippen LogP contribution in [-0.2, 0) is 24.0 Å². The minimum absolute atomic E-state index is 0.715. The normalized spacial score (nSPS) is 26.4. The Kier molecular flexibility index (Phi) is 4.15. The summed E-state index contributed by atoms with van der Waals surface area (Å²) in [4.78, 5) is 0. The first kappa shape index (κ1) is 17.7. The van der Waals surface area contributed by atoms with Crippen molar-refractivity contribution in [2.75, 3.05) is 0 Å². The van der Waals surface area contributed by atoms with Crippen LogP contribution in [0, 0.1) is 0 Å². The average molecular weight is 370 g/mol. The zero-order valence-electron chi connectivity index (χ0n) is 16.1. The van der Waals surface area contributed by atoms with Crippen molar-refractivity contribution in [2.45, 2.75) is 49.7 Å². The van der Waals surface area contributed by atoms with Gasteiger partial charge in [-0.3, -0.25) is 0 Å². The molecule has 0 heterocycles. The Bertz CT molecular complexity index is 996. The second-order valence-electron chi connectivity index (χ2n) is 8.29. The molecule has 0 aliphatic heterocycles. The molecule has 0 spiro atoms. The molecule has 0 saturated heterocycles. The highest BCUT2D eigenvalue weighted by Crippen LogP contribution is 2.49. The van der Waals surface area contributed by atoms with Gasteiger partial charge in [0.05, 0.1) is 0 Å². The maximum atomic E-state index is 11.9. The van der Waals surface area contributed by atoms with E-state index in [4.69, 9.17) is 0 Å². The molecule has 2 N–H and O–H groups in total. The third kappa shape index (κ3) is 2.56. The first-order valence-electron chi connectivity index (χ1n) is 10.3. The van der Waals surface area contributed by atoms with Gasteiger partial charge >= 0.3 is 0 Å². The summed E-state index contributed by atoms with van der Waals surface area (Å²) in [7, 11) is 0. The second-order valence-corrected chi connectivity index (χ2v) is 8.29. The molecule has 5 rings (SSSR count). The van der Waals surface area contributed by atoms with E-state index < -0.39 is 11.2 Å². The first-order valence-corrected chi connectivity index (χ1v) is 10.3. The van der Waals surface area contributed by atoms with E-state index in [0.717, 1.165) is 59.9 Å². The summed E-state index contributed by atoms with van der Waals surface area (Å²) in [6.45, 7) is 0. The predicted molar refractivity (Wildman–Crippen MR) is 111 cm³/mol. The molecule has 2 aliphatic carbocycles. The molecule has 0 amide bonds. The summed E-state index contributed by atoms with van der Waals surface area (Å²) >= 11 is 0. The average Bonchev–Trinajstić information content (AvgIpc) is 2.75. The molecule has 0 fully saturated rings. The van der Waals surface area contributed by atoms with E-state index in [1.54, 1.807) is 0 Å². The number of aliphatic hydroxyl groups is 2. The van der Waals surface area contributed by atoms with Crippen molar-refractivity contribution in [3.05, 3.63) is 106 Å². The molecule has 2 atom stereocenters. The van der Waals surface area contributed by atoms with Crippen LogP contribution in [0.15, 0.2) is 72.8 Å². The molecule has 0 bridgehead atoms. The van der Waals surface area contributed by atoms with E-state index in [0.29, 0.717) is 6.42 Å². The summed E-state index contributed by atoms with van der Waals surface area (Å²) in [6.07, 6.45) is 5.22. The van der Waals surface area contributed by atoms with Crippen molar-refractivity contribution in [2.24, 2.45) is 0 Å². The summed E-state index contributed by atoms with van der Waals surface area (Å²) in [6, 6.07) is 24.3. The summed E-state index contributed by atoms with van der Waals surface area (Å²) in [5, 5.41) is 23.7. The third-order valence-corrected chi connectivity index (χ3v) is 6.71. The van der Waals surface area contributed by atoms with E-state index in [9.17, 15) is 10.2 Å². The quantitative estimate of drug-likeness (QED) is 0.678. The van der Waals surface area contributed by atoms with Crippen LogP contribution in [0.5, 0.6) is 0 Å². The molecule has 0 aromatic heterocycles. The molecule has 2 aliphatic rings. The van der Waals surface area contributed by atoms with E-state index in [-0.39, 0.29) is 0 Å². The number of aryl methyl sites for hydroxylation is 1. The highest BCUT2D eigenvalue weighted by molar-refractivity contribution is 5.55. The molecule has 2 nitrogen and oxygen atoms in total. The van der Waals surface area contributed by atoms with Gasteiger partial charge in [0, 0.05) is 0 Å². The molecule has 3 aromatic rings. The number of fused-ring (bicyclic) bond motifs is 3. The third-order valence-electron chi connectivity index (χ3n) is 6.71. The number of rotatable bonds is 2. The monoisotopic (exact) mass is 370 g/mol. The molecule has 0 saturated carbocycles. The van der Waals surface area contributed by atoms with Crippen LogP contribution < -0.4 is 0 Å². The van der Waals surface area contributed by atoms with Crippen molar-refractivity contribution < 1.29 is 10.2 Å². The van der Waals surface area contributed by atoms with Crippen molar-refractivity contribution in [1.29, 1.82) is 0 Å². The van der Waals surface area contributed by atoms with Crippen molar-refractivity contribution in [3.63, 3.8) is 0 Å². The van der Waals surface area contributed by atoms with Crippen LogP contribution in [0.4, 0.5) is 0 Å². The molecule has 3 aromatic carbocycles. The lowest BCUT2D eigenvalue weighted by atomic mass is 9.66. The Morgan fingerprint density at radius 2 is 1.18 bits per heavy atom. The maximum absolute atomic E-state index is 11.9. The summed E-state index contributed by atoms with van der Waals surface area (Å²) in [5.41, 5.74) is 4.34. The van der Waals surface area contributed by atoms with Crippen LogP contribution >= 0.6 is 0 Å². The van der Waals surface area contributed by atoms with Crippen molar-refractivity contribution in [1.82, 2.24) is 0 Å². The molecular formula is C26H26O2. The molecule has 2 unspecified atom stereocenters. The van der Waals surface area contributed by atoms with Gasteiger partial charge in [0.2, 0.25) is 0 Å². The molecule has 28 heavy (non-hydrogen) atoms. The van der Waals surface area contributed by atoms with Gasteiger partial charge in [-0.15, -0.1) is 0 Å². The fourth-order valence-corrected chi connectivity index (χ4v) is 5.40. The van der Waals surface area contributed by atoms with E-state index in [1.807, 2.05) is 60.7 Å². The maximum Gasteiger partial charge on any atom is 0.115 e. The molecular weight excluding hydrogens is 344 g/mol. The highest BCUT2D eigenvalue weighted by atomic mass is 16.3. The fourth-order valence-electron chi connectivity index (χ4n) is 5.40. The minimum atomic E-state index is -0.987. The van der Waals surface area contributed by atoms with Gasteiger partial charge in [-0.25, -0.2) is 0 Å². The van der Waals surface area contributed by atoms with Crippen LogP contribution in [0.1, 0.15) is 59.1 Å². The lowest BCUT2D eigenvalue weighted by Crippen LogP contribution is -2.38. The van der Waals surface area contributed by atoms with Gasteiger partial charge in [-0.05, 0) is 71.9 Å². The van der Waals surface area contributed by atoms with Crippen LogP contribution in [-0.4, -0.2) is 10.2 Å². The van der Waals surface area contributed by atoms with Crippen molar-refractivity contribution in [3.8, 4) is 0 Å². The molecule has 0 radical (unpaired) electrons. The first-order chi connectivity index (χ1) is 13.6. The smallest absolute Gasteiger partial charge is 0.115 e. The minimum Gasteiger partial charge on any atom is -0.380 e. The Morgan fingerprint density at radius 3 is 1.86 bits per heavy atom. The van der Waals surface area contributed by atoms with Gasteiger partial charge in [0.25, 0.3) is 0 Å². The van der Waals surface area contributed by atoms with E-state index in [1.165, 1.54) is 5.56 Å². The van der Waals surface area contributed by atoms with Gasteiger partial charge in [0.15, 0.2) is 0 Å². The predicted octanol–water partition coefficient (Wildman–Crippen LogP) is 4.83. The Hall–Kier alpha value is -2.42. The Labute approximate surface area is 166 Å². The van der Waals surface area contributed by atoms with Crippen molar-refractivity contribution >= 4 is 0 Å². The molecule has 142 valence electrons. The molecule has 2 heteroatoms. The van der Waals surface area contributed by atoms with Crippen LogP contribution in [0.3, 0.4) is 0 Å². The van der Waals surface area contributed by atoms with Gasteiger partial charge in [-0.2, -0.15) is 0 Å². The van der Waals surface area contributed by atoms with E-state index in [2.05, 4.69) is 12.1 Å². The lowest BCUT2D eigenvalue weighted by Gasteiger charge is -2.42. The lowest BCUT2D eigenvalue weighted by molar-refractivity contribution is 0.0498. The van der Waals surface area contributed by atoms with Gasteiger partial charge < -0.3 is 10.2 Å². The van der Waals surface area contributed by atoms with Gasteiger partial charge in [0.1, 0.15) is 11.2 Å². The second kappa shape index (κ2) is 6.58. The van der Waals surface area contributed by atoms with E-state index >= 15 is 0 Å². The standard InChI is InChI=1S/C26H26O2/c27-25(20-10-3-1-4-11-20)17-8-14-22-23(25)16-15-19-9-7-18-26(28,24(19)22)21-12-5-2-6-13-21/h1-6,10-13,15-16,27-28H,7-9,14,17-18H2. The fraction of sp³-hybridized carbons (Fsp3) is 0.308. The Morgan fingerprint density at radius 1 is 0.607 bits per heavy atom. The number of hydrogen-bond donors (Lipinski definition) is 2. The topological polar surface area (TPSA) is 40.5 Å². The Balaban J connectivity index is 1.74. The highest BCUT2D eigenvalue weighted by Gasteiger charge is 2.43. The SMILES string of the molecule is OC1(c2ccccc2)CCCc2c1ccc1c2C(O)(c2ccccc2)CCC1. The van der Waals surface area contributed by atoms with Crippen LogP contribution in [0.2, 0.25) is 0 Å². The summed E-state index contributed by atoms with van der Waals surface area (Å²) in [5.74, 6) is 0.